The lowest BCUT2D eigenvalue weighted by atomic mass is 9.99. The molecule has 0 unspecified atom stereocenters. The van der Waals surface area contributed by atoms with E-state index in [-0.39, 0.29) is 16.8 Å². The van der Waals surface area contributed by atoms with Crippen molar-refractivity contribution < 1.29 is 19.2 Å². The predicted octanol–water partition coefficient (Wildman–Crippen LogP) is 6.35. The van der Waals surface area contributed by atoms with Crippen LogP contribution in [0.4, 0.5) is 5.69 Å². The summed E-state index contributed by atoms with van der Waals surface area (Å²) in [6.07, 6.45) is 0. The Morgan fingerprint density at radius 2 is 1.34 bits per heavy atom. The summed E-state index contributed by atoms with van der Waals surface area (Å²) in [5.74, 6) is -1.24. The quantitative estimate of drug-likeness (QED) is 0.0676. The first kappa shape index (κ1) is 23.2. The summed E-state index contributed by atoms with van der Waals surface area (Å²) in [6.45, 7) is 1.04. The van der Waals surface area contributed by atoms with Gasteiger partial charge >= 0.3 is 5.97 Å². The third-order valence-corrected chi connectivity index (χ3v) is 6.62. The van der Waals surface area contributed by atoms with Gasteiger partial charge in [-0.2, -0.15) is 0 Å². The molecule has 0 N–H and O–H groups in total. The lowest BCUT2D eigenvalue weighted by Crippen LogP contribution is -2.14. The maximum atomic E-state index is 12.8. The Hall–Kier alpha value is -5.24. The van der Waals surface area contributed by atoms with Crippen LogP contribution < -0.4 is 0 Å². The lowest BCUT2D eigenvalue weighted by molar-refractivity contribution is -0.385. The Balaban J connectivity index is 1.34. The minimum atomic E-state index is -0.702. The molecule has 8 heteroatoms. The van der Waals surface area contributed by atoms with Crippen molar-refractivity contribution in [2.45, 2.75) is 6.92 Å². The average molecular weight is 501 g/mol. The Labute approximate surface area is 215 Å². The van der Waals surface area contributed by atoms with Crippen LogP contribution in [0, 0.1) is 17.0 Å². The molecule has 0 amide bonds. The van der Waals surface area contributed by atoms with Crippen molar-refractivity contribution in [2.75, 3.05) is 6.61 Å². The standard InChI is InChI=1S/C30H19N3O5/c1-17-10-11-18(15-26(17)33(36)37)27(34)16-38-30(35)19-12-13-24-25(14-19)32-29-23-9-5-3-7-21(23)20-6-2-4-8-22(20)28(29)31-24/h2-15H,16H2,1H3. The van der Waals surface area contributed by atoms with Crippen LogP contribution in [0.5, 0.6) is 0 Å². The van der Waals surface area contributed by atoms with E-state index in [9.17, 15) is 19.7 Å². The molecule has 0 atom stereocenters. The van der Waals surface area contributed by atoms with Crippen LogP contribution in [0.25, 0.3) is 43.6 Å². The first-order valence-corrected chi connectivity index (χ1v) is 11.9. The first-order valence-electron chi connectivity index (χ1n) is 11.9. The largest absolute Gasteiger partial charge is 0.454 e. The number of esters is 1. The summed E-state index contributed by atoms with van der Waals surface area (Å²) in [6, 6.07) is 25.1. The molecule has 0 aliphatic rings. The van der Waals surface area contributed by atoms with E-state index >= 15 is 0 Å². The van der Waals surface area contributed by atoms with Gasteiger partial charge in [-0.3, -0.25) is 14.9 Å². The van der Waals surface area contributed by atoms with E-state index in [2.05, 4.69) is 12.1 Å². The Morgan fingerprint density at radius 3 is 1.97 bits per heavy atom. The minimum Gasteiger partial charge on any atom is -0.454 e. The van der Waals surface area contributed by atoms with Crippen molar-refractivity contribution in [3.63, 3.8) is 0 Å². The molecule has 8 nitrogen and oxygen atoms in total. The number of aromatic nitrogens is 2. The third kappa shape index (κ3) is 3.88. The van der Waals surface area contributed by atoms with E-state index in [1.54, 1.807) is 25.1 Å². The fraction of sp³-hybridized carbons (Fsp3) is 0.0667. The summed E-state index contributed by atoms with van der Waals surface area (Å²) in [5.41, 5.74) is 3.25. The number of hydrogen-bond donors (Lipinski definition) is 0. The number of carbonyl (C=O) groups excluding carboxylic acids is 2. The van der Waals surface area contributed by atoms with Gasteiger partial charge in [-0.25, -0.2) is 14.8 Å². The summed E-state index contributed by atoms with van der Waals surface area (Å²) < 4.78 is 5.23. The molecule has 0 spiro atoms. The molecule has 6 aromatic rings. The normalized spacial score (nSPS) is 11.3. The fourth-order valence-electron chi connectivity index (χ4n) is 4.68. The highest BCUT2D eigenvalue weighted by atomic mass is 16.6. The van der Waals surface area contributed by atoms with Crippen LogP contribution in [-0.2, 0) is 4.74 Å². The maximum absolute atomic E-state index is 12.8. The van der Waals surface area contributed by atoms with Crippen LogP contribution in [-0.4, -0.2) is 33.3 Å². The number of nitro groups is 1. The second-order valence-corrected chi connectivity index (χ2v) is 8.97. The molecule has 38 heavy (non-hydrogen) atoms. The highest BCUT2D eigenvalue weighted by Crippen LogP contribution is 2.34. The predicted molar refractivity (Wildman–Crippen MR) is 145 cm³/mol. The molecule has 6 rings (SSSR count). The Bertz CT molecular complexity index is 1970. The fourth-order valence-corrected chi connectivity index (χ4v) is 4.68. The first-order chi connectivity index (χ1) is 18.4. The molecule has 0 saturated heterocycles. The molecular formula is C30H19N3O5. The zero-order chi connectivity index (χ0) is 26.4. The van der Waals surface area contributed by atoms with Crippen molar-refractivity contribution in [1.82, 2.24) is 9.97 Å². The van der Waals surface area contributed by atoms with Gasteiger partial charge in [0.2, 0.25) is 5.78 Å². The molecule has 1 heterocycles. The molecule has 5 aromatic carbocycles. The van der Waals surface area contributed by atoms with E-state index in [4.69, 9.17) is 14.7 Å². The second-order valence-electron chi connectivity index (χ2n) is 8.97. The number of rotatable bonds is 5. The van der Waals surface area contributed by atoms with Gasteiger partial charge in [-0.1, -0.05) is 60.7 Å². The van der Waals surface area contributed by atoms with Gasteiger partial charge in [0.1, 0.15) is 0 Å². The Kier molecular flexibility index (Phi) is 5.49. The number of fused-ring (bicyclic) bond motifs is 7. The average Bonchev–Trinajstić information content (AvgIpc) is 2.94. The van der Waals surface area contributed by atoms with Gasteiger partial charge < -0.3 is 4.74 Å². The number of aryl methyl sites for hydroxylation is 1. The smallest absolute Gasteiger partial charge is 0.338 e. The molecule has 0 radical (unpaired) electrons. The zero-order valence-electron chi connectivity index (χ0n) is 20.2. The van der Waals surface area contributed by atoms with E-state index in [0.29, 0.717) is 16.6 Å². The summed E-state index contributed by atoms with van der Waals surface area (Å²) in [5, 5.41) is 15.3. The van der Waals surface area contributed by atoms with Gasteiger partial charge in [-0.15, -0.1) is 0 Å². The van der Waals surface area contributed by atoms with E-state index < -0.39 is 23.3 Å². The maximum Gasteiger partial charge on any atom is 0.338 e. The van der Waals surface area contributed by atoms with E-state index in [0.717, 1.165) is 32.6 Å². The zero-order valence-corrected chi connectivity index (χ0v) is 20.2. The SMILES string of the molecule is Cc1ccc(C(=O)COC(=O)c2ccc3nc4c5ccccc5c5ccccc5c4nc3c2)cc1[N+](=O)[O-]. The number of nitro benzene ring substituents is 1. The molecule has 0 bridgehead atoms. The Morgan fingerprint density at radius 1 is 0.763 bits per heavy atom. The molecule has 0 aliphatic heterocycles. The van der Waals surface area contributed by atoms with Crippen LogP contribution >= 0.6 is 0 Å². The van der Waals surface area contributed by atoms with Crippen LogP contribution in [0.2, 0.25) is 0 Å². The van der Waals surface area contributed by atoms with Gasteiger partial charge in [-0.05, 0) is 35.9 Å². The summed E-state index contributed by atoms with van der Waals surface area (Å²) >= 11 is 0. The van der Waals surface area contributed by atoms with E-state index in [1.807, 2.05) is 36.4 Å². The summed E-state index contributed by atoms with van der Waals surface area (Å²) in [7, 11) is 0. The second kappa shape index (κ2) is 9.01. The van der Waals surface area contributed by atoms with Crippen molar-refractivity contribution in [2.24, 2.45) is 0 Å². The van der Waals surface area contributed by atoms with Crippen LogP contribution in [0.3, 0.4) is 0 Å². The number of benzene rings is 5. The van der Waals surface area contributed by atoms with Gasteiger partial charge in [0.25, 0.3) is 5.69 Å². The number of ether oxygens (including phenoxy) is 1. The van der Waals surface area contributed by atoms with Crippen molar-refractivity contribution in [1.29, 1.82) is 0 Å². The minimum absolute atomic E-state index is 0.102. The summed E-state index contributed by atoms with van der Waals surface area (Å²) in [4.78, 5) is 45.7. The topological polar surface area (TPSA) is 112 Å². The molecular weight excluding hydrogens is 482 g/mol. The number of nitrogens with zero attached hydrogens (tertiary/aromatic N) is 3. The van der Waals surface area contributed by atoms with Crippen LogP contribution in [0.15, 0.2) is 84.9 Å². The van der Waals surface area contributed by atoms with Gasteiger partial charge in [0.05, 0.1) is 32.6 Å². The van der Waals surface area contributed by atoms with Gasteiger partial charge in [0.15, 0.2) is 6.61 Å². The third-order valence-electron chi connectivity index (χ3n) is 6.62. The molecule has 184 valence electrons. The van der Waals surface area contributed by atoms with Gasteiger partial charge in [0, 0.05) is 28.0 Å². The monoisotopic (exact) mass is 501 g/mol. The molecule has 0 saturated carbocycles. The number of carbonyl (C=O) groups is 2. The van der Waals surface area contributed by atoms with E-state index in [1.165, 1.54) is 18.2 Å². The number of Topliss-reactive ketones (excluding diaryl/α,β-unsaturated/α-hetero) is 1. The number of hydrogen-bond acceptors (Lipinski definition) is 7. The highest BCUT2D eigenvalue weighted by Gasteiger charge is 2.18. The van der Waals surface area contributed by atoms with Crippen LogP contribution in [0.1, 0.15) is 26.3 Å². The van der Waals surface area contributed by atoms with Crippen molar-refractivity contribution in [3.8, 4) is 0 Å². The van der Waals surface area contributed by atoms with Crippen molar-refractivity contribution >= 4 is 61.1 Å². The highest BCUT2D eigenvalue weighted by molar-refractivity contribution is 6.23. The van der Waals surface area contributed by atoms with Crippen molar-refractivity contribution in [3.05, 3.63) is 112 Å². The molecule has 0 aliphatic carbocycles. The lowest BCUT2D eigenvalue weighted by Gasteiger charge is -2.10. The molecule has 1 aromatic heterocycles. The number of ketones is 1. The molecule has 0 fully saturated rings.